The second kappa shape index (κ2) is 8.00. The molecule has 1 rings (SSSR count). The molecule has 0 saturated heterocycles. The number of hydrogen-bond donors (Lipinski definition) is 2. The minimum atomic E-state index is -0.875. The molecule has 3 heteroatoms. The predicted octanol–water partition coefficient (Wildman–Crippen LogP) is 2.31. The van der Waals surface area contributed by atoms with Crippen LogP contribution in [-0.2, 0) is 0 Å². The zero-order valence-corrected chi connectivity index (χ0v) is 9.58. The van der Waals surface area contributed by atoms with E-state index in [-0.39, 0.29) is 0 Å². The van der Waals surface area contributed by atoms with Gasteiger partial charge in [0, 0.05) is 0 Å². The van der Waals surface area contributed by atoms with Gasteiger partial charge in [-0.3, -0.25) is 0 Å². The van der Waals surface area contributed by atoms with Crippen LogP contribution in [0, 0.1) is 6.92 Å². The van der Waals surface area contributed by atoms with E-state index >= 15 is 0 Å². The first-order valence-electron chi connectivity index (χ1n) is 5.12. The van der Waals surface area contributed by atoms with Crippen LogP contribution in [0.3, 0.4) is 0 Å². The molecule has 0 heterocycles. The maximum absolute atomic E-state index is 10.3. The Labute approximate surface area is 91.1 Å². The quantitative estimate of drug-likeness (QED) is 0.803. The van der Waals surface area contributed by atoms with E-state index in [9.17, 15) is 4.79 Å². The molecule has 84 valence electrons. The number of hydrogen-bond acceptors (Lipinski definition) is 2. The van der Waals surface area contributed by atoms with Gasteiger partial charge in [-0.1, -0.05) is 31.5 Å². The van der Waals surface area contributed by atoms with Crippen molar-refractivity contribution in [3.8, 4) is 0 Å². The molecular formula is C12H19NO2. The summed E-state index contributed by atoms with van der Waals surface area (Å²) in [5.41, 5.74) is 1.41. The number of carbonyl (C=O) groups is 1. The van der Waals surface area contributed by atoms with Gasteiger partial charge in [0.2, 0.25) is 0 Å². The van der Waals surface area contributed by atoms with Crippen LogP contribution in [0.25, 0.3) is 0 Å². The predicted molar refractivity (Wildman–Crippen MR) is 62.4 cm³/mol. The van der Waals surface area contributed by atoms with Gasteiger partial charge in [0.1, 0.15) is 0 Å². The molecule has 0 aliphatic carbocycles. The third-order valence-corrected chi connectivity index (χ3v) is 1.80. The molecule has 1 aromatic rings. The first kappa shape index (κ1) is 13.7. The average molecular weight is 209 g/mol. The summed E-state index contributed by atoms with van der Waals surface area (Å²) in [6.07, 6.45) is 0. The van der Waals surface area contributed by atoms with E-state index in [2.05, 4.69) is 19.2 Å². The Hall–Kier alpha value is -1.35. The van der Waals surface area contributed by atoms with E-state index < -0.39 is 5.97 Å². The fourth-order valence-electron chi connectivity index (χ4n) is 0.946. The lowest BCUT2D eigenvalue weighted by molar-refractivity contribution is 0.0697. The number of aromatic carboxylic acids is 1. The monoisotopic (exact) mass is 209 g/mol. The average Bonchev–Trinajstić information content (AvgIpc) is 2.20. The molecular weight excluding hydrogens is 190 g/mol. The topological polar surface area (TPSA) is 49.3 Å². The van der Waals surface area contributed by atoms with Crippen LogP contribution in [0.15, 0.2) is 24.3 Å². The van der Waals surface area contributed by atoms with Crippen molar-refractivity contribution in [1.29, 1.82) is 0 Å². The van der Waals surface area contributed by atoms with Gasteiger partial charge in [-0.05, 0) is 32.1 Å². The third kappa shape index (κ3) is 6.69. The molecule has 1 aromatic carbocycles. The summed E-state index contributed by atoms with van der Waals surface area (Å²) in [7, 11) is 0. The normalized spacial score (nSPS) is 9.00. The molecule has 0 aliphatic heterocycles. The van der Waals surface area contributed by atoms with Gasteiger partial charge in [0.25, 0.3) is 0 Å². The van der Waals surface area contributed by atoms with Crippen molar-refractivity contribution in [1.82, 2.24) is 5.32 Å². The molecule has 0 aromatic heterocycles. The van der Waals surface area contributed by atoms with Gasteiger partial charge >= 0.3 is 5.97 Å². The first-order chi connectivity index (χ1) is 7.11. The molecule has 3 nitrogen and oxygen atoms in total. The molecule has 0 spiro atoms. The standard InChI is InChI=1S/C8H8O2.C4H11N/c1-6-2-4-7(5-3-6)8(9)10;1-3-5-4-2/h2-5H,1H3,(H,9,10);5H,3-4H2,1-2H3. The summed E-state index contributed by atoms with van der Waals surface area (Å²) < 4.78 is 0. The van der Waals surface area contributed by atoms with E-state index in [1.165, 1.54) is 0 Å². The minimum Gasteiger partial charge on any atom is -0.478 e. The molecule has 0 radical (unpaired) electrons. The van der Waals surface area contributed by atoms with Crippen molar-refractivity contribution in [2.45, 2.75) is 20.8 Å². The Bertz CT molecular complexity index is 278. The molecule has 0 aliphatic rings. The van der Waals surface area contributed by atoms with Crippen LogP contribution >= 0.6 is 0 Å². The lowest BCUT2D eigenvalue weighted by Crippen LogP contribution is -2.09. The zero-order chi connectivity index (χ0) is 11.7. The van der Waals surface area contributed by atoms with Crippen LogP contribution in [0.2, 0.25) is 0 Å². The van der Waals surface area contributed by atoms with E-state index in [1.807, 2.05) is 6.92 Å². The summed E-state index contributed by atoms with van der Waals surface area (Å²) in [5, 5.41) is 11.6. The van der Waals surface area contributed by atoms with Gasteiger partial charge in [-0.15, -0.1) is 0 Å². The van der Waals surface area contributed by atoms with Crippen molar-refractivity contribution < 1.29 is 9.90 Å². The van der Waals surface area contributed by atoms with E-state index in [0.29, 0.717) is 5.56 Å². The second-order valence-electron chi connectivity index (χ2n) is 3.13. The molecule has 0 unspecified atom stereocenters. The summed E-state index contributed by atoms with van der Waals surface area (Å²) in [5.74, 6) is -0.875. The Kier molecular flexibility index (Phi) is 7.28. The van der Waals surface area contributed by atoms with Gasteiger partial charge < -0.3 is 10.4 Å². The molecule has 0 atom stereocenters. The van der Waals surface area contributed by atoms with Crippen molar-refractivity contribution in [3.63, 3.8) is 0 Å². The van der Waals surface area contributed by atoms with Crippen molar-refractivity contribution in [3.05, 3.63) is 35.4 Å². The van der Waals surface area contributed by atoms with E-state index in [1.54, 1.807) is 24.3 Å². The van der Waals surface area contributed by atoms with Gasteiger partial charge in [0.15, 0.2) is 0 Å². The number of rotatable bonds is 3. The van der Waals surface area contributed by atoms with Crippen molar-refractivity contribution in [2.75, 3.05) is 13.1 Å². The van der Waals surface area contributed by atoms with E-state index in [0.717, 1.165) is 18.7 Å². The maximum atomic E-state index is 10.3. The highest BCUT2D eigenvalue weighted by atomic mass is 16.4. The molecule has 0 amide bonds. The number of aryl methyl sites for hydroxylation is 1. The number of carboxylic acids is 1. The molecule has 0 bridgehead atoms. The summed E-state index contributed by atoms with van der Waals surface area (Å²) in [4.78, 5) is 10.3. The number of carboxylic acid groups (broad SMARTS) is 1. The molecule has 0 fully saturated rings. The second-order valence-corrected chi connectivity index (χ2v) is 3.13. The van der Waals surface area contributed by atoms with E-state index in [4.69, 9.17) is 5.11 Å². The Balaban J connectivity index is 0.000000336. The number of nitrogens with one attached hydrogen (secondary N) is 1. The van der Waals surface area contributed by atoms with Crippen LogP contribution in [0.1, 0.15) is 29.8 Å². The Morgan fingerprint density at radius 3 is 1.93 bits per heavy atom. The lowest BCUT2D eigenvalue weighted by atomic mass is 10.2. The molecule has 15 heavy (non-hydrogen) atoms. The zero-order valence-electron chi connectivity index (χ0n) is 9.58. The van der Waals surface area contributed by atoms with Crippen molar-refractivity contribution in [2.24, 2.45) is 0 Å². The largest absolute Gasteiger partial charge is 0.478 e. The van der Waals surface area contributed by atoms with Crippen LogP contribution in [0.5, 0.6) is 0 Å². The van der Waals surface area contributed by atoms with Gasteiger partial charge in [-0.2, -0.15) is 0 Å². The summed E-state index contributed by atoms with van der Waals surface area (Å²) in [6, 6.07) is 6.75. The van der Waals surface area contributed by atoms with Crippen LogP contribution < -0.4 is 5.32 Å². The Morgan fingerprint density at radius 1 is 1.20 bits per heavy atom. The molecule has 0 saturated carbocycles. The third-order valence-electron chi connectivity index (χ3n) is 1.80. The van der Waals surface area contributed by atoms with Crippen LogP contribution in [0.4, 0.5) is 0 Å². The van der Waals surface area contributed by atoms with Gasteiger partial charge in [-0.25, -0.2) is 4.79 Å². The highest BCUT2D eigenvalue weighted by Gasteiger charge is 1.98. The molecule has 2 N–H and O–H groups in total. The highest BCUT2D eigenvalue weighted by Crippen LogP contribution is 2.01. The lowest BCUT2D eigenvalue weighted by Gasteiger charge is -1.92. The summed E-state index contributed by atoms with van der Waals surface area (Å²) >= 11 is 0. The maximum Gasteiger partial charge on any atom is 0.335 e. The SMILES string of the molecule is CCNCC.Cc1ccc(C(=O)O)cc1. The van der Waals surface area contributed by atoms with Gasteiger partial charge in [0.05, 0.1) is 5.56 Å². The van der Waals surface area contributed by atoms with Crippen molar-refractivity contribution >= 4 is 5.97 Å². The number of benzene rings is 1. The smallest absolute Gasteiger partial charge is 0.335 e. The Morgan fingerprint density at radius 2 is 1.67 bits per heavy atom. The fraction of sp³-hybridized carbons (Fsp3) is 0.417. The highest BCUT2D eigenvalue weighted by molar-refractivity contribution is 5.87. The fourth-order valence-corrected chi connectivity index (χ4v) is 0.946. The summed E-state index contributed by atoms with van der Waals surface area (Å²) in [6.45, 7) is 8.31. The first-order valence-corrected chi connectivity index (χ1v) is 5.12. The minimum absolute atomic E-state index is 0.339. The van der Waals surface area contributed by atoms with Crippen LogP contribution in [-0.4, -0.2) is 24.2 Å².